The molecular weight excluding hydrogens is 464 g/mol. The van der Waals surface area contributed by atoms with E-state index in [0.717, 1.165) is 45.3 Å². The molecule has 1 amide bonds. The van der Waals surface area contributed by atoms with Crippen LogP contribution in [0.3, 0.4) is 0 Å². The molecule has 5 aromatic rings. The Morgan fingerprint density at radius 3 is 2.81 bits per heavy atom. The summed E-state index contributed by atoms with van der Waals surface area (Å²) >= 11 is 0. The van der Waals surface area contributed by atoms with E-state index in [1.54, 1.807) is 12.3 Å². The van der Waals surface area contributed by atoms with Crippen molar-refractivity contribution in [2.45, 2.75) is 13.5 Å². The average molecular weight is 495 g/mol. The first-order chi connectivity index (χ1) is 17.9. The van der Waals surface area contributed by atoms with E-state index in [1.165, 1.54) is 6.08 Å². The van der Waals surface area contributed by atoms with E-state index < -0.39 is 0 Å². The second kappa shape index (κ2) is 10.2. The summed E-state index contributed by atoms with van der Waals surface area (Å²) in [4.78, 5) is 23.7. The SMILES string of the molecule is C/C=C/C(=O)Nc1cc(Nc2nccc(-c3cn(C)c4ccccc34)n2)c2c(cnn2CCN(C)C)c1. The minimum atomic E-state index is -0.193. The number of aromatic nitrogens is 5. The van der Waals surface area contributed by atoms with Gasteiger partial charge in [-0.2, -0.15) is 5.10 Å². The second-order valence-corrected chi connectivity index (χ2v) is 9.18. The highest BCUT2D eigenvalue weighted by molar-refractivity contribution is 6.03. The van der Waals surface area contributed by atoms with Gasteiger partial charge in [0.25, 0.3) is 0 Å². The van der Waals surface area contributed by atoms with Crippen molar-refractivity contribution in [1.29, 1.82) is 0 Å². The zero-order valence-corrected chi connectivity index (χ0v) is 21.4. The maximum absolute atomic E-state index is 12.2. The van der Waals surface area contributed by atoms with Crippen molar-refractivity contribution in [3.05, 3.63) is 73.2 Å². The van der Waals surface area contributed by atoms with E-state index in [9.17, 15) is 4.79 Å². The summed E-state index contributed by atoms with van der Waals surface area (Å²) in [7, 11) is 6.10. The number of allylic oxidation sites excluding steroid dienone is 1. The molecule has 0 aliphatic heterocycles. The number of hydrogen-bond donors (Lipinski definition) is 2. The van der Waals surface area contributed by atoms with Gasteiger partial charge in [-0.05, 0) is 51.4 Å². The molecule has 9 nitrogen and oxygen atoms in total. The van der Waals surface area contributed by atoms with Crippen LogP contribution in [0, 0.1) is 0 Å². The number of nitrogens with zero attached hydrogens (tertiary/aromatic N) is 6. The Hall–Kier alpha value is -4.50. The number of benzene rings is 2. The van der Waals surface area contributed by atoms with E-state index in [4.69, 9.17) is 4.98 Å². The van der Waals surface area contributed by atoms with Gasteiger partial charge < -0.3 is 20.1 Å². The zero-order valence-electron chi connectivity index (χ0n) is 21.4. The number of anilines is 3. The molecule has 37 heavy (non-hydrogen) atoms. The summed E-state index contributed by atoms with van der Waals surface area (Å²) in [5.41, 5.74) is 5.35. The van der Waals surface area contributed by atoms with Crippen molar-refractivity contribution in [3.8, 4) is 11.3 Å². The van der Waals surface area contributed by atoms with Crippen LogP contribution in [0.25, 0.3) is 33.1 Å². The Balaban J connectivity index is 1.55. The molecule has 0 spiro atoms. The van der Waals surface area contributed by atoms with Gasteiger partial charge in [-0.1, -0.05) is 24.3 Å². The molecule has 0 saturated heterocycles. The van der Waals surface area contributed by atoms with Crippen LogP contribution < -0.4 is 10.6 Å². The number of nitrogens with one attached hydrogen (secondary N) is 2. The summed E-state index contributed by atoms with van der Waals surface area (Å²) in [6.07, 6.45) is 8.86. The van der Waals surface area contributed by atoms with Crippen molar-refractivity contribution in [2.75, 3.05) is 31.3 Å². The Morgan fingerprint density at radius 2 is 2.00 bits per heavy atom. The maximum Gasteiger partial charge on any atom is 0.248 e. The average Bonchev–Trinajstić information content (AvgIpc) is 3.44. The number of rotatable bonds is 8. The third-order valence-electron chi connectivity index (χ3n) is 6.15. The Labute approximate surface area is 215 Å². The molecule has 2 aromatic carbocycles. The fourth-order valence-electron chi connectivity index (χ4n) is 4.44. The molecule has 0 fully saturated rings. The first-order valence-corrected chi connectivity index (χ1v) is 12.2. The van der Waals surface area contributed by atoms with Gasteiger partial charge in [0.2, 0.25) is 11.9 Å². The first-order valence-electron chi connectivity index (χ1n) is 12.2. The van der Waals surface area contributed by atoms with Crippen LogP contribution >= 0.6 is 0 Å². The zero-order chi connectivity index (χ0) is 25.9. The third-order valence-corrected chi connectivity index (χ3v) is 6.15. The monoisotopic (exact) mass is 494 g/mol. The van der Waals surface area contributed by atoms with Gasteiger partial charge in [0.1, 0.15) is 0 Å². The lowest BCUT2D eigenvalue weighted by molar-refractivity contribution is -0.111. The number of carbonyl (C=O) groups excluding carboxylic acids is 1. The molecule has 9 heteroatoms. The molecule has 2 N–H and O–H groups in total. The molecule has 0 saturated carbocycles. The van der Waals surface area contributed by atoms with Crippen LogP contribution in [0.4, 0.5) is 17.3 Å². The van der Waals surface area contributed by atoms with Crippen LogP contribution in [0.2, 0.25) is 0 Å². The quantitative estimate of drug-likeness (QED) is 0.301. The molecule has 5 rings (SSSR count). The van der Waals surface area contributed by atoms with E-state index in [0.29, 0.717) is 18.2 Å². The Kier molecular flexibility index (Phi) is 6.70. The number of fused-ring (bicyclic) bond motifs is 2. The van der Waals surface area contributed by atoms with E-state index >= 15 is 0 Å². The van der Waals surface area contributed by atoms with Crippen LogP contribution in [-0.2, 0) is 18.4 Å². The second-order valence-electron chi connectivity index (χ2n) is 9.18. The highest BCUT2D eigenvalue weighted by Crippen LogP contribution is 2.32. The van der Waals surface area contributed by atoms with Gasteiger partial charge in [-0.3, -0.25) is 9.48 Å². The Bertz CT molecular complexity index is 1610. The normalized spacial score (nSPS) is 11.7. The lowest BCUT2D eigenvalue weighted by atomic mass is 10.1. The minimum Gasteiger partial charge on any atom is -0.350 e. The van der Waals surface area contributed by atoms with E-state index in [-0.39, 0.29) is 5.91 Å². The van der Waals surface area contributed by atoms with Gasteiger partial charge in [-0.25, -0.2) is 9.97 Å². The molecule has 3 heterocycles. The fraction of sp³-hybridized carbons (Fsp3) is 0.214. The molecule has 3 aromatic heterocycles. The predicted octanol–water partition coefficient (Wildman–Crippen LogP) is 4.80. The molecule has 0 atom stereocenters. The molecule has 0 aliphatic carbocycles. The number of amides is 1. The standard InChI is InChI=1S/C28H30N8O/c1-5-8-26(37)31-20-15-19-17-30-36(14-13-34(2)3)27(19)24(16-20)33-28-29-12-11-23(32-28)22-18-35(4)25-10-7-6-9-21(22)25/h5-12,15-18H,13-14H2,1-4H3,(H,31,37)(H,29,32,33)/b8-5+. The summed E-state index contributed by atoms with van der Waals surface area (Å²) in [5, 5.41) is 13.0. The van der Waals surface area contributed by atoms with Crippen LogP contribution in [0.15, 0.2) is 73.2 Å². The van der Waals surface area contributed by atoms with E-state index in [1.807, 2.05) is 69.3 Å². The topological polar surface area (TPSA) is 92.9 Å². The maximum atomic E-state index is 12.2. The van der Waals surface area contributed by atoms with Crippen LogP contribution in [0.1, 0.15) is 6.92 Å². The number of aryl methyl sites for hydroxylation is 1. The van der Waals surface area contributed by atoms with Crippen molar-refractivity contribution >= 4 is 45.0 Å². The first kappa shape index (κ1) is 24.2. The van der Waals surface area contributed by atoms with Crippen molar-refractivity contribution in [3.63, 3.8) is 0 Å². The summed E-state index contributed by atoms with van der Waals surface area (Å²) in [5.74, 6) is 0.269. The summed E-state index contributed by atoms with van der Waals surface area (Å²) < 4.78 is 4.06. The number of carbonyl (C=O) groups is 1. The van der Waals surface area contributed by atoms with Gasteiger partial charge in [0.05, 0.1) is 29.6 Å². The third kappa shape index (κ3) is 5.07. The highest BCUT2D eigenvalue weighted by atomic mass is 16.1. The fourth-order valence-corrected chi connectivity index (χ4v) is 4.44. The largest absolute Gasteiger partial charge is 0.350 e. The van der Waals surface area contributed by atoms with E-state index in [2.05, 4.69) is 48.5 Å². The van der Waals surface area contributed by atoms with Gasteiger partial charge >= 0.3 is 0 Å². The lowest BCUT2D eigenvalue weighted by Gasteiger charge is -2.14. The molecule has 0 unspecified atom stereocenters. The highest BCUT2D eigenvalue weighted by Gasteiger charge is 2.15. The minimum absolute atomic E-state index is 0.193. The van der Waals surface area contributed by atoms with Gasteiger partial charge in [-0.15, -0.1) is 0 Å². The van der Waals surface area contributed by atoms with Gasteiger partial charge in [0.15, 0.2) is 0 Å². The van der Waals surface area contributed by atoms with Crippen molar-refractivity contribution < 1.29 is 4.79 Å². The number of hydrogen-bond acceptors (Lipinski definition) is 6. The molecule has 0 aliphatic rings. The molecular formula is C28H30N8O. The summed E-state index contributed by atoms with van der Waals surface area (Å²) in [6.45, 7) is 3.36. The molecule has 188 valence electrons. The lowest BCUT2D eigenvalue weighted by Crippen LogP contribution is -2.19. The van der Waals surface area contributed by atoms with Crippen LogP contribution in [0.5, 0.6) is 0 Å². The number of likely N-dealkylation sites (N-methyl/N-ethyl adjacent to an activating group) is 1. The van der Waals surface area contributed by atoms with Crippen molar-refractivity contribution in [1.82, 2.24) is 29.2 Å². The summed E-state index contributed by atoms with van der Waals surface area (Å²) in [6, 6.07) is 14.0. The molecule has 0 bridgehead atoms. The van der Waals surface area contributed by atoms with Crippen LogP contribution in [-0.4, -0.2) is 55.8 Å². The van der Waals surface area contributed by atoms with Crippen molar-refractivity contribution in [2.24, 2.45) is 7.05 Å². The Morgan fingerprint density at radius 1 is 1.16 bits per heavy atom. The predicted molar refractivity (Wildman–Crippen MR) is 149 cm³/mol. The van der Waals surface area contributed by atoms with Gasteiger partial charge in [0, 0.05) is 53.5 Å². The number of para-hydroxylation sites is 1. The smallest absolute Gasteiger partial charge is 0.248 e. The molecule has 0 radical (unpaired) electrons.